The van der Waals surface area contributed by atoms with Gasteiger partial charge in [-0.3, -0.25) is 0 Å². The number of rotatable bonds is 7. The van der Waals surface area contributed by atoms with Gasteiger partial charge in [-0.25, -0.2) is 9.97 Å². The van der Waals surface area contributed by atoms with Crippen molar-refractivity contribution >= 4 is 27.4 Å². The molecule has 4 aromatic rings. The summed E-state index contributed by atoms with van der Waals surface area (Å²) in [5, 5.41) is 17.3. The molecule has 7 heteroatoms. The topological polar surface area (TPSA) is 74.4 Å². The lowest BCUT2D eigenvalue weighted by Crippen LogP contribution is -2.30. The van der Waals surface area contributed by atoms with Crippen LogP contribution >= 0.6 is 11.3 Å². The molecule has 29 heavy (non-hydrogen) atoms. The van der Waals surface area contributed by atoms with Gasteiger partial charge in [0.2, 0.25) is 0 Å². The summed E-state index contributed by atoms with van der Waals surface area (Å²) in [5.74, 6) is 1.97. The van der Waals surface area contributed by atoms with Gasteiger partial charge in [0.1, 0.15) is 27.8 Å². The second kappa shape index (κ2) is 7.94. The fraction of sp³-hybridized carbons (Fsp3) is 0.273. The SMILES string of the molecule is CN(C)Cc1nc(NCC(C)(O)c2ccco2)c2c(-c3ccccc3)csc2n1. The standard InChI is InChI=1S/C22H24N4O2S/c1-22(27,17-10-7-11-28-17)14-23-20-19-16(15-8-5-4-6-9-15)13-29-21(19)25-18(24-20)12-26(2)3/h4-11,13,27H,12,14H2,1-3H3,(H,23,24,25). The molecule has 1 unspecified atom stereocenters. The minimum Gasteiger partial charge on any atom is -0.466 e. The Morgan fingerprint density at radius 2 is 1.93 bits per heavy atom. The number of hydrogen-bond acceptors (Lipinski definition) is 7. The summed E-state index contributed by atoms with van der Waals surface area (Å²) < 4.78 is 5.40. The van der Waals surface area contributed by atoms with Gasteiger partial charge in [-0.1, -0.05) is 30.3 Å². The summed E-state index contributed by atoms with van der Waals surface area (Å²) in [6.07, 6.45) is 1.56. The number of thiophene rings is 1. The first-order chi connectivity index (χ1) is 13.9. The van der Waals surface area contributed by atoms with Crippen molar-refractivity contribution in [3.63, 3.8) is 0 Å². The quantitative estimate of drug-likeness (QED) is 0.474. The predicted molar refractivity (Wildman–Crippen MR) is 117 cm³/mol. The number of aromatic nitrogens is 2. The van der Waals surface area contributed by atoms with Gasteiger partial charge in [0, 0.05) is 10.9 Å². The van der Waals surface area contributed by atoms with Crippen molar-refractivity contribution in [2.45, 2.75) is 19.1 Å². The lowest BCUT2D eigenvalue weighted by molar-refractivity contribution is 0.0476. The summed E-state index contributed by atoms with van der Waals surface area (Å²) >= 11 is 1.60. The molecule has 1 atom stereocenters. The summed E-state index contributed by atoms with van der Waals surface area (Å²) in [4.78, 5) is 12.5. The Hall–Kier alpha value is -2.74. The van der Waals surface area contributed by atoms with Crippen molar-refractivity contribution in [3.8, 4) is 11.1 Å². The van der Waals surface area contributed by atoms with E-state index in [4.69, 9.17) is 14.4 Å². The molecular formula is C22H24N4O2S. The highest BCUT2D eigenvalue weighted by Crippen LogP contribution is 2.37. The number of anilines is 1. The van der Waals surface area contributed by atoms with Gasteiger partial charge in [-0.2, -0.15) is 0 Å². The van der Waals surface area contributed by atoms with Crippen LogP contribution in [0.4, 0.5) is 5.82 Å². The molecule has 1 aromatic carbocycles. The Bertz CT molecular complexity index is 1090. The average Bonchev–Trinajstić information content (AvgIpc) is 3.37. The highest BCUT2D eigenvalue weighted by molar-refractivity contribution is 7.17. The molecule has 0 amide bonds. The highest BCUT2D eigenvalue weighted by atomic mass is 32.1. The van der Waals surface area contributed by atoms with Gasteiger partial charge in [0.15, 0.2) is 0 Å². The average molecular weight is 409 g/mol. The van der Waals surface area contributed by atoms with Crippen LogP contribution < -0.4 is 5.32 Å². The second-order valence-electron chi connectivity index (χ2n) is 7.53. The molecule has 0 fully saturated rings. The van der Waals surface area contributed by atoms with E-state index in [0.717, 1.165) is 33.0 Å². The third kappa shape index (κ3) is 4.17. The van der Waals surface area contributed by atoms with Crippen molar-refractivity contribution in [2.75, 3.05) is 26.0 Å². The van der Waals surface area contributed by atoms with Crippen molar-refractivity contribution in [3.05, 3.63) is 65.7 Å². The number of hydrogen-bond donors (Lipinski definition) is 2. The van der Waals surface area contributed by atoms with Crippen molar-refractivity contribution < 1.29 is 9.52 Å². The normalized spacial score (nSPS) is 13.7. The summed E-state index contributed by atoms with van der Waals surface area (Å²) in [7, 11) is 3.98. The molecule has 0 bridgehead atoms. The smallest absolute Gasteiger partial charge is 0.146 e. The van der Waals surface area contributed by atoms with E-state index in [1.54, 1.807) is 36.7 Å². The van der Waals surface area contributed by atoms with Crippen molar-refractivity contribution in [2.24, 2.45) is 0 Å². The molecule has 0 aliphatic carbocycles. The molecule has 0 aliphatic heterocycles. The van der Waals surface area contributed by atoms with E-state index in [-0.39, 0.29) is 6.54 Å². The number of aliphatic hydroxyl groups is 1. The largest absolute Gasteiger partial charge is 0.466 e. The molecule has 3 heterocycles. The Morgan fingerprint density at radius 1 is 1.14 bits per heavy atom. The zero-order chi connectivity index (χ0) is 20.4. The first-order valence-electron chi connectivity index (χ1n) is 9.42. The zero-order valence-corrected chi connectivity index (χ0v) is 17.5. The van der Waals surface area contributed by atoms with Crippen LogP contribution in [0.3, 0.4) is 0 Å². The van der Waals surface area contributed by atoms with Crippen molar-refractivity contribution in [1.29, 1.82) is 0 Å². The van der Waals surface area contributed by atoms with Crippen LogP contribution in [-0.2, 0) is 12.1 Å². The van der Waals surface area contributed by atoms with Crippen LogP contribution in [0, 0.1) is 0 Å². The summed E-state index contributed by atoms with van der Waals surface area (Å²) in [6.45, 7) is 2.62. The van der Waals surface area contributed by atoms with Crippen LogP contribution in [0.1, 0.15) is 18.5 Å². The maximum absolute atomic E-state index is 10.9. The van der Waals surface area contributed by atoms with E-state index >= 15 is 0 Å². The Morgan fingerprint density at radius 3 is 2.62 bits per heavy atom. The number of benzene rings is 1. The van der Waals surface area contributed by atoms with Gasteiger partial charge >= 0.3 is 0 Å². The molecule has 0 spiro atoms. The van der Waals surface area contributed by atoms with E-state index in [1.165, 1.54) is 0 Å². The molecule has 0 radical (unpaired) electrons. The second-order valence-corrected chi connectivity index (χ2v) is 8.38. The third-order valence-corrected chi connectivity index (χ3v) is 5.55. The molecule has 6 nitrogen and oxygen atoms in total. The third-order valence-electron chi connectivity index (χ3n) is 4.67. The van der Waals surface area contributed by atoms with Crippen LogP contribution in [0.25, 0.3) is 21.3 Å². The maximum atomic E-state index is 10.9. The van der Waals surface area contributed by atoms with Crippen LogP contribution in [0.2, 0.25) is 0 Å². The van der Waals surface area contributed by atoms with Crippen LogP contribution in [-0.4, -0.2) is 40.6 Å². The molecule has 2 N–H and O–H groups in total. The predicted octanol–water partition coefficient (Wildman–Crippen LogP) is 4.33. The molecule has 4 rings (SSSR count). The molecule has 0 aliphatic rings. The molecule has 0 saturated heterocycles. The summed E-state index contributed by atoms with van der Waals surface area (Å²) in [6, 6.07) is 13.8. The van der Waals surface area contributed by atoms with Gasteiger partial charge in [0.25, 0.3) is 0 Å². The van der Waals surface area contributed by atoms with Gasteiger partial charge < -0.3 is 19.7 Å². The van der Waals surface area contributed by atoms with E-state index in [1.807, 2.05) is 37.2 Å². The maximum Gasteiger partial charge on any atom is 0.146 e. The van der Waals surface area contributed by atoms with Gasteiger partial charge in [0.05, 0.1) is 24.7 Å². The highest BCUT2D eigenvalue weighted by Gasteiger charge is 2.27. The number of nitrogens with one attached hydrogen (secondary N) is 1. The zero-order valence-electron chi connectivity index (χ0n) is 16.7. The minimum atomic E-state index is -1.16. The first kappa shape index (κ1) is 19.6. The molecule has 150 valence electrons. The van der Waals surface area contributed by atoms with E-state index < -0.39 is 5.60 Å². The van der Waals surface area contributed by atoms with E-state index in [2.05, 4.69) is 22.8 Å². The van der Waals surface area contributed by atoms with E-state index in [0.29, 0.717) is 12.3 Å². The fourth-order valence-electron chi connectivity index (χ4n) is 3.23. The Labute approximate surface area is 173 Å². The van der Waals surface area contributed by atoms with E-state index in [9.17, 15) is 5.11 Å². The summed E-state index contributed by atoms with van der Waals surface area (Å²) in [5.41, 5.74) is 1.04. The molecular weight excluding hydrogens is 384 g/mol. The van der Waals surface area contributed by atoms with Crippen LogP contribution in [0.5, 0.6) is 0 Å². The minimum absolute atomic E-state index is 0.262. The molecule has 3 aromatic heterocycles. The number of furan rings is 1. The Balaban J connectivity index is 1.76. The first-order valence-corrected chi connectivity index (χ1v) is 10.3. The number of fused-ring (bicyclic) bond motifs is 1. The lowest BCUT2D eigenvalue weighted by atomic mass is 10.0. The lowest BCUT2D eigenvalue weighted by Gasteiger charge is -2.22. The monoisotopic (exact) mass is 408 g/mol. The van der Waals surface area contributed by atoms with Crippen molar-refractivity contribution in [1.82, 2.24) is 14.9 Å². The number of nitrogens with zero attached hydrogens (tertiary/aromatic N) is 3. The van der Waals surface area contributed by atoms with Gasteiger partial charge in [-0.05, 0) is 38.7 Å². The fourth-order valence-corrected chi connectivity index (χ4v) is 4.19. The van der Waals surface area contributed by atoms with Crippen LogP contribution in [0.15, 0.2) is 58.5 Å². The Kier molecular flexibility index (Phi) is 5.36. The van der Waals surface area contributed by atoms with Gasteiger partial charge in [-0.15, -0.1) is 11.3 Å². The molecule has 0 saturated carbocycles.